The molecule has 3 aromatic carbocycles. The van der Waals surface area contributed by atoms with E-state index < -0.39 is 0 Å². The highest BCUT2D eigenvalue weighted by molar-refractivity contribution is 5.68. The van der Waals surface area contributed by atoms with Crippen LogP contribution in [0.3, 0.4) is 0 Å². The first kappa shape index (κ1) is 28.9. The third kappa shape index (κ3) is 6.27. The number of aromatic nitrogens is 1. The van der Waals surface area contributed by atoms with E-state index in [1.165, 1.54) is 28.8 Å². The van der Waals surface area contributed by atoms with E-state index in [-0.39, 0.29) is 25.1 Å². The van der Waals surface area contributed by atoms with Crippen molar-refractivity contribution in [3.05, 3.63) is 112 Å². The molecule has 1 aromatic heterocycles. The van der Waals surface area contributed by atoms with E-state index in [1.807, 2.05) is 12.1 Å². The Labute approximate surface area is 252 Å². The molecule has 7 heteroatoms. The smallest absolute Gasteiger partial charge is 0.128 e. The predicted octanol–water partition coefficient (Wildman–Crippen LogP) is 6.67. The van der Waals surface area contributed by atoms with Gasteiger partial charge in [-0.05, 0) is 97.2 Å². The van der Waals surface area contributed by atoms with Gasteiger partial charge in [0, 0.05) is 42.2 Å². The first-order valence-corrected chi connectivity index (χ1v) is 15.0. The average Bonchev–Trinajstić information content (AvgIpc) is 3.71. The van der Waals surface area contributed by atoms with Crippen LogP contribution in [-0.2, 0) is 32.6 Å². The van der Waals surface area contributed by atoms with Crippen molar-refractivity contribution in [3.8, 4) is 28.7 Å². The van der Waals surface area contributed by atoms with Gasteiger partial charge in [-0.1, -0.05) is 30.3 Å². The SMILES string of the molecule is Cc1c(COc2cc(OCc3cncc(C#N)c3)c(CN3CCC[C@H]3CO)c3c2CCC3)cccc1-c1ccc(F)cc1. The van der Waals surface area contributed by atoms with E-state index in [4.69, 9.17) is 9.47 Å². The molecule has 1 N–H and O–H groups in total. The minimum atomic E-state index is -0.248. The highest BCUT2D eigenvalue weighted by Gasteiger charge is 2.29. The molecule has 1 saturated heterocycles. The standard InChI is InChI=1S/C36H36FN3O3/c1-24-28(5-2-7-31(24)27-10-12-29(37)13-11-27)23-43-35-16-36(42-22-26-15-25(17-38)18-39-19-26)34(32-8-3-9-33(32)35)20-40-14-4-6-30(40)21-41/h2,5,7,10-13,15-16,18-19,30,41H,3-4,6,8-9,14,20-23H2,1H3/t30-/m0/s1. The van der Waals surface area contributed by atoms with Crippen molar-refractivity contribution >= 4 is 0 Å². The number of fused-ring (bicyclic) bond motifs is 1. The van der Waals surface area contributed by atoms with Crippen molar-refractivity contribution in [1.82, 2.24) is 9.88 Å². The van der Waals surface area contributed by atoms with Gasteiger partial charge >= 0.3 is 0 Å². The van der Waals surface area contributed by atoms with Crippen LogP contribution in [0.15, 0.2) is 67.0 Å². The summed E-state index contributed by atoms with van der Waals surface area (Å²) in [4.78, 5) is 6.56. The Morgan fingerprint density at radius 3 is 2.63 bits per heavy atom. The highest BCUT2D eigenvalue weighted by Crippen LogP contribution is 2.41. The lowest BCUT2D eigenvalue weighted by Gasteiger charge is -2.26. The fourth-order valence-corrected chi connectivity index (χ4v) is 6.46. The topological polar surface area (TPSA) is 78.6 Å². The van der Waals surface area contributed by atoms with Gasteiger partial charge in [0.25, 0.3) is 0 Å². The van der Waals surface area contributed by atoms with Crippen molar-refractivity contribution in [2.24, 2.45) is 0 Å². The summed E-state index contributed by atoms with van der Waals surface area (Å²) in [6.45, 7) is 4.60. The van der Waals surface area contributed by atoms with Crippen molar-refractivity contribution in [3.63, 3.8) is 0 Å². The number of likely N-dealkylation sites (tertiary alicyclic amines) is 1. The first-order valence-electron chi connectivity index (χ1n) is 15.0. The average molecular weight is 578 g/mol. The third-order valence-electron chi connectivity index (χ3n) is 8.81. The second kappa shape index (κ2) is 12.9. The molecule has 4 aromatic rings. The summed E-state index contributed by atoms with van der Waals surface area (Å²) in [5.74, 6) is 1.36. The Morgan fingerprint density at radius 2 is 1.81 bits per heavy atom. The van der Waals surface area contributed by atoms with Crippen LogP contribution in [0.2, 0.25) is 0 Å². The van der Waals surface area contributed by atoms with Crippen molar-refractivity contribution < 1.29 is 19.0 Å². The molecule has 0 spiro atoms. The minimum Gasteiger partial charge on any atom is -0.488 e. The monoisotopic (exact) mass is 577 g/mol. The predicted molar refractivity (Wildman–Crippen MR) is 163 cm³/mol. The molecule has 220 valence electrons. The summed E-state index contributed by atoms with van der Waals surface area (Å²) in [6.07, 6.45) is 8.31. The number of ether oxygens (including phenoxy) is 2. The molecule has 43 heavy (non-hydrogen) atoms. The number of rotatable bonds is 10. The molecule has 0 radical (unpaired) electrons. The maximum absolute atomic E-state index is 13.5. The van der Waals surface area contributed by atoms with Gasteiger partial charge in [0.1, 0.15) is 36.6 Å². The van der Waals surface area contributed by atoms with E-state index in [0.717, 1.165) is 84.5 Å². The van der Waals surface area contributed by atoms with E-state index in [1.54, 1.807) is 30.6 Å². The summed E-state index contributed by atoms with van der Waals surface area (Å²) in [5.41, 5.74) is 9.23. The lowest BCUT2D eigenvalue weighted by molar-refractivity contribution is 0.151. The maximum atomic E-state index is 13.5. The largest absolute Gasteiger partial charge is 0.488 e. The third-order valence-corrected chi connectivity index (χ3v) is 8.81. The van der Waals surface area contributed by atoms with Gasteiger partial charge in [0.05, 0.1) is 12.2 Å². The normalized spacial score (nSPS) is 16.2. The summed E-state index contributed by atoms with van der Waals surface area (Å²) in [5, 5.41) is 19.3. The number of benzene rings is 3. The Morgan fingerprint density at radius 1 is 1.00 bits per heavy atom. The van der Waals surface area contributed by atoms with E-state index in [2.05, 4.69) is 35.0 Å². The molecule has 0 amide bonds. The summed E-state index contributed by atoms with van der Waals surface area (Å²) >= 11 is 0. The van der Waals surface area contributed by atoms with Crippen molar-refractivity contribution in [1.29, 1.82) is 5.26 Å². The van der Waals surface area contributed by atoms with Gasteiger partial charge in [0.15, 0.2) is 0 Å². The van der Waals surface area contributed by atoms with E-state index in [0.29, 0.717) is 12.2 Å². The summed E-state index contributed by atoms with van der Waals surface area (Å²) in [7, 11) is 0. The van der Waals surface area contributed by atoms with Gasteiger partial charge in [-0.2, -0.15) is 5.26 Å². The van der Waals surface area contributed by atoms with Crippen molar-refractivity contribution in [2.75, 3.05) is 13.2 Å². The number of aliphatic hydroxyl groups excluding tert-OH is 1. The molecule has 1 aliphatic heterocycles. The van der Waals surface area contributed by atoms with Gasteiger partial charge in [-0.3, -0.25) is 9.88 Å². The molecule has 6 nitrogen and oxygen atoms in total. The fourth-order valence-electron chi connectivity index (χ4n) is 6.46. The number of hydrogen-bond acceptors (Lipinski definition) is 6. The Kier molecular flexibility index (Phi) is 8.69. The van der Waals surface area contributed by atoms with Gasteiger partial charge in [-0.15, -0.1) is 0 Å². The lowest BCUT2D eigenvalue weighted by Crippen LogP contribution is -2.32. The number of nitriles is 1. The fraction of sp³-hybridized carbons (Fsp3) is 0.333. The molecule has 1 aliphatic carbocycles. The highest BCUT2D eigenvalue weighted by atomic mass is 19.1. The zero-order valence-corrected chi connectivity index (χ0v) is 24.5. The van der Waals surface area contributed by atoms with Gasteiger partial charge < -0.3 is 14.6 Å². The molecule has 0 unspecified atom stereocenters. The van der Waals surface area contributed by atoms with Crippen LogP contribution in [0.25, 0.3) is 11.1 Å². The van der Waals surface area contributed by atoms with Crippen LogP contribution in [0.1, 0.15) is 58.2 Å². The van der Waals surface area contributed by atoms with Gasteiger partial charge in [-0.25, -0.2) is 4.39 Å². The quantitative estimate of drug-likeness (QED) is 0.227. The molecular formula is C36H36FN3O3. The second-order valence-electron chi connectivity index (χ2n) is 11.5. The number of pyridine rings is 1. The molecule has 1 fully saturated rings. The number of hydrogen-bond donors (Lipinski definition) is 1. The second-order valence-corrected chi connectivity index (χ2v) is 11.5. The lowest BCUT2D eigenvalue weighted by atomic mass is 9.96. The van der Waals surface area contributed by atoms with Crippen LogP contribution in [0.4, 0.5) is 4.39 Å². The molecule has 0 saturated carbocycles. The molecule has 6 rings (SSSR count). The first-order chi connectivity index (χ1) is 21.0. The van der Waals surface area contributed by atoms with Gasteiger partial charge in [0.2, 0.25) is 0 Å². The molecule has 0 bridgehead atoms. The van der Waals surface area contributed by atoms with Crippen LogP contribution in [0.5, 0.6) is 11.5 Å². The Hall–Kier alpha value is -4.25. The number of halogens is 1. The molecule has 2 aliphatic rings. The Balaban J connectivity index is 1.31. The van der Waals surface area contributed by atoms with E-state index >= 15 is 0 Å². The zero-order chi connectivity index (χ0) is 29.8. The number of aliphatic hydroxyl groups is 1. The maximum Gasteiger partial charge on any atom is 0.128 e. The van der Waals surface area contributed by atoms with Crippen molar-refractivity contribution in [2.45, 2.75) is 64.8 Å². The molecular weight excluding hydrogens is 541 g/mol. The summed E-state index contributed by atoms with van der Waals surface area (Å²) in [6, 6.07) is 18.9. The molecule has 2 heterocycles. The Bertz CT molecular complexity index is 1650. The molecule has 1 atom stereocenters. The zero-order valence-electron chi connectivity index (χ0n) is 24.5. The van der Waals surface area contributed by atoms with Crippen LogP contribution in [-0.4, -0.2) is 34.2 Å². The van der Waals surface area contributed by atoms with Crippen LogP contribution in [0, 0.1) is 24.1 Å². The number of nitrogens with zero attached hydrogens (tertiary/aromatic N) is 3. The van der Waals surface area contributed by atoms with E-state index in [9.17, 15) is 14.8 Å². The van der Waals surface area contributed by atoms with Crippen LogP contribution >= 0.6 is 0 Å². The minimum absolute atomic E-state index is 0.155. The summed E-state index contributed by atoms with van der Waals surface area (Å²) < 4.78 is 26.6. The van der Waals surface area contributed by atoms with Crippen LogP contribution < -0.4 is 9.47 Å².